The highest BCUT2D eigenvalue weighted by Crippen LogP contribution is 2.56. The van der Waals surface area contributed by atoms with E-state index in [0.29, 0.717) is 18.5 Å². The SMILES string of the molecule is COC(=O)[C@]1(C)CC[C@@H](C(=O)NCc2nccnc2Cl)C1(C)C. The number of nitrogens with one attached hydrogen (secondary N) is 1. The molecule has 6 nitrogen and oxygen atoms in total. The van der Waals surface area contributed by atoms with E-state index in [2.05, 4.69) is 15.3 Å². The average molecular weight is 340 g/mol. The van der Waals surface area contributed by atoms with Gasteiger partial charge in [-0.05, 0) is 25.2 Å². The summed E-state index contributed by atoms with van der Waals surface area (Å²) in [5.41, 5.74) is -0.654. The van der Waals surface area contributed by atoms with Gasteiger partial charge in [0, 0.05) is 18.3 Å². The first-order chi connectivity index (χ1) is 10.7. The maximum absolute atomic E-state index is 12.6. The Kier molecular flexibility index (Phi) is 4.94. The molecule has 0 saturated heterocycles. The van der Waals surface area contributed by atoms with Gasteiger partial charge in [-0.2, -0.15) is 0 Å². The summed E-state index contributed by atoms with van der Waals surface area (Å²) in [6.07, 6.45) is 4.28. The maximum atomic E-state index is 12.6. The number of halogens is 1. The first kappa shape index (κ1) is 17.7. The van der Waals surface area contributed by atoms with Crippen LogP contribution in [0.5, 0.6) is 0 Å². The molecule has 2 rings (SSSR count). The molecular weight excluding hydrogens is 318 g/mol. The molecule has 0 bridgehead atoms. The van der Waals surface area contributed by atoms with E-state index in [9.17, 15) is 9.59 Å². The molecule has 0 aromatic carbocycles. The van der Waals surface area contributed by atoms with Crippen LogP contribution in [0.25, 0.3) is 0 Å². The lowest BCUT2D eigenvalue weighted by molar-refractivity contribution is -0.159. The molecule has 23 heavy (non-hydrogen) atoms. The second kappa shape index (κ2) is 6.43. The van der Waals surface area contributed by atoms with Crippen LogP contribution < -0.4 is 5.32 Å². The molecule has 7 heteroatoms. The third kappa shape index (κ3) is 3.04. The van der Waals surface area contributed by atoms with Gasteiger partial charge in [-0.25, -0.2) is 4.98 Å². The number of methoxy groups -OCH3 is 1. The van der Waals surface area contributed by atoms with Crippen molar-refractivity contribution in [3.05, 3.63) is 23.2 Å². The molecule has 1 aromatic heterocycles. The van der Waals surface area contributed by atoms with Gasteiger partial charge in [0.25, 0.3) is 0 Å². The maximum Gasteiger partial charge on any atom is 0.312 e. The van der Waals surface area contributed by atoms with Crippen LogP contribution in [-0.4, -0.2) is 29.0 Å². The molecule has 0 spiro atoms. The van der Waals surface area contributed by atoms with Crippen molar-refractivity contribution in [1.82, 2.24) is 15.3 Å². The van der Waals surface area contributed by atoms with E-state index in [0.717, 1.165) is 0 Å². The van der Waals surface area contributed by atoms with Crippen LogP contribution in [-0.2, 0) is 20.9 Å². The highest BCUT2D eigenvalue weighted by molar-refractivity contribution is 6.29. The van der Waals surface area contributed by atoms with Crippen LogP contribution in [0.1, 0.15) is 39.3 Å². The largest absolute Gasteiger partial charge is 0.469 e. The third-order valence-corrected chi connectivity index (χ3v) is 5.65. The van der Waals surface area contributed by atoms with E-state index >= 15 is 0 Å². The number of hydrogen-bond donors (Lipinski definition) is 1. The van der Waals surface area contributed by atoms with Crippen LogP contribution in [0.3, 0.4) is 0 Å². The lowest BCUT2D eigenvalue weighted by atomic mass is 9.65. The normalized spacial score (nSPS) is 25.9. The van der Waals surface area contributed by atoms with Crippen molar-refractivity contribution in [1.29, 1.82) is 0 Å². The third-order valence-electron chi connectivity index (χ3n) is 5.33. The van der Waals surface area contributed by atoms with Crippen molar-refractivity contribution in [2.24, 2.45) is 16.7 Å². The second-order valence-electron chi connectivity index (χ2n) is 6.65. The summed E-state index contributed by atoms with van der Waals surface area (Å²) in [6, 6.07) is 0. The Labute approximate surface area is 141 Å². The number of aromatic nitrogens is 2. The monoisotopic (exact) mass is 339 g/mol. The fourth-order valence-electron chi connectivity index (χ4n) is 3.31. The molecule has 1 amide bonds. The minimum absolute atomic E-state index is 0.107. The lowest BCUT2D eigenvalue weighted by Crippen LogP contribution is -2.45. The molecule has 1 heterocycles. The van der Waals surface area contributed by atoms with Crippen molar-refractivity contribution in [3.63, 3.8) is 0 Å². The van der Waals surface area contributed by atoms with E-state index in [1.165, 1.54) is 19.5 Å². The van der Waals surface area contributed by atoms with Crippen molar-refractivity contribution < 1.29 is 14.3 Å². The molecule has 1 aliphatic carbocycles. The lowest BCUT2D eigenvalue weighted by Gasteiger charge is -2.38. The number of amides is 1. The van der Waals surface area contributed by atoms with Gasteiger partial charge in [-0.1, -0.05) is 25.4 Å². The summed E-state index contributed by atoms with van der Waals surface area (Å²) in [7, 11) is 1.38. The highest BCUT2D eigenvalue weighted by atomic mass is 35.5. The quantitative estimate of drug-likeness (QED) is 0.852. The minimum atomic E-state index is -0.673. The Bertz CT molecular complexity index is 620. The molecule has 126 valence electrons. The first-order valence-electron chi connectivity index (χ1n) is 7.55. The molecule has 1 N–H and O–H groups in total. The zero-order valence-electron chi connectivity index (χ0n) is 13.9. The van der Waals surface area contributed by atoms with Crippen LogP contribution in [0.4, 0.5) is 0 Å². The summed E-state index contributed by atoms with van der Waals surface area (Å²) in [6.45, 7) is 5.96. The van der Waals surface area contributed by atoms with Gasteiger partial charge in [-0.3, -0.25) is 14.6 Å². The number of ether oxygens (including phenoxy) is 1. The number of esters is 1. The molecule has 1 saturated carbocycles. The van der Waals surface area contributed by atoms with Crippen molar-refractivity contribution in [2.75, 3.05) is 7.11 Å². The topological polar surface area (TPSA) is 81.2 Å². The molecule has 0 unspecified atom stereocenters. The van der Waals surface area contributed by atoms with Gasteiger partial charge >= 0.3 is 5.97 Å². The zero-order valence-corrected chi connectivity index (χ0v) is 14.6. The minimum Gasteiger partial charge on any atom is -0.469 e. The Balaban J connectivity index is 2.09. The van der Waals surface area contributed by atoms with Gasteiger partial charge in [0.2, 0.25) is 5.91 Å². The average Bonchev–Trinajstić information content (AvgIpc) is 2.76. The van der Waals surface area contributed by atoms with Gasteiger partial charge in [0.15, 0.2) is 5.15 Å². The Morgan fingerprint density at radius 3 is 2.61 bits per heavy atom. The van der Waals surface area contributed by atoms with Crippen molar-refractivity contribution in [3.8, 4) is 0 Å². The van der Waals surface area contributed by atoms with Gasteiger partial charge in [-0.15, -0.1) is 0 Å². The molecule has 0 radical (unpaired) electrons. The molecule has 1 aliphatic rings. The number of nitrogens with zero attached hydrogens (tertiary/aromatic N) is 2. The number of hydrogen-bond acceptors (Lipinski definition) is 5. The molecule has 1 aromatic rings. The van der Waals surface area contributed by atoms with Crippen LogP contribution >= 0.6 is 11.6 Å². The Morgan fingerprint density at radius 2 is 2.00 bits per heavy atom. The standard InChI is InChI=1S/C16H22ClN3O3/c1-15(2)10(5-6-16(15,3)14(22)23-4)13(21)20-9-11-12(17)19-8-7-18-11/h7-8,10H,5-6,9H2,1-4H3,(H,20,21)/t10-,16-/m0/s1. The Hall–Kier alpha value is -1.69. The van der Waals surface area contributed by atoms with E-state index < -0.39 is 10.8 Å². The van der Waals surface area contributed by atoms with E-state index in [1.54, 1.807) is 0 Å². The fourth-order valence-corrected chi connectivity index (χ4v) is 3.48. The molecule has 0 aliphatic heterocycles. The van der Waals surface area contributed by atoms with Gasteiger partial charge in [0.1, 0.15) is 0 Å². The first-order valence-corrected chi connectivity index (χ1v) is 7.93. The van der Waals surface area contributed by atoms with Crippen LogP contribution in [0.2, 0.25) is 5.15 Å². The van der Waals surface area contributed by atoms with Gasteiger partial charge < -0.3 is 10.1 Å². The smallest absolute Gasteiger partial charge is 0.312 e. The highest BCUT2D eigenvalue weighted by Gasteiger charge is 2.58. The van der Waals surface area contributed by atoms with Gasteiger partial charge in [0.05, 0.1) is 24.8 Å². The Morgan fingerprint density at radius 1 is 1.35 bits per heavy atom. The summed E-state index contributed by atoms with van der Waals surface area (Å²) < 4.78 is 4.94. The fraction of sp³-hybridized carbons (Fsp3) is 0.625. The molecular formula is C16H22ClN3O3. The van der Waals surface area contributed by atoms with E-state index in [1.807, 2.05) is 20.8 Å². The van der Waals surface area contributed by atoms with E-state index in [-0.39, 0.29) is 29.5 Å². The number of rotatable bonds is 4. The number of carbonyl (C=O) groups is 2. The molecule has 2 atom stereocenters. The summed E-state index contributed by atoms with van der Waals surface area (Å²) in [4.78, 5) is 32.8. The zero-order chi connectivity index (χ0) is 17.3. The van der Waals surface area contributed by atoms with Crippen LogP contribution in [0, 0.1) is 16.7 Å². The van der Waals surface area contributed by atoms with E-state index in [4.69, 9.17) is 16.3 Å². The summed E-state index contributed by atoms with van der Waals surface area (Å²) >= 11 is 5.94. The second-order valence-corrected chi connectivity index (χ2v) is 7.01. The molecule has 1 fully saturated rings. The summed E-state index contributed by atoms with van der Waals surface area (Å²) in [5, 5.41) is 3.13. The van der Waals surface area contributed by atoms with Crippen LogP contribution in [0.15, 0.2) is 12.4 Å². The predicted octanol–water partition coefficient (Wildman–Crippen LogP) is 2.36. The predicted molar refractivity (Wildman–Crippen MR) is 85.5 cm³/mol. The number of carbonyl (C=O) groups excluding carboxylic acids is 2. The van der Waals surface area contributed by atoms with Crippen molar-refractivity contribution >= 4 is 23.5 Å². The summed E-state index contributed by atoms with van der Waals surface area (Å²) in [5.74, 6) is -0.652. The van der Waals surface area contributed by atoms with Crippen molar-refractivity contribution in [2.45, 2.75) is 40.2 Å².